The number of pyridine rings is 1. The van der Waals surface area contributed by atoms with Crippen LogP contribution >= 0.6 is 0 Å². The molecular formula is C24H29N. The standard InChI is InChI=1S/C24H29N/c1-7-18(6)20-8-9-22-21(23(20)15(2)3)10-11-25-24(22)19-13-16(4)12-17(5)14-19/h8-15,18H,7H2,1-6H3. The first kappa shape index (κ1) is 17.7. The lowest BCUT2D eigenvalue weighted by atomic mass is 9.84. The van der Waals surface area contributed by atoms with Crippen molar-refractivity contribution in [2.45, 2.75) is 59.8 Å². The van der Waals surface area contributed by atoms with E-state index < -0.39 is 0 Å². The summed E-state index contributed by atoms with van der Waals surface area (Å²) in [4.78, 5) is 4.75. The Labute approximate surface area is 152 Å². The number of fused-ring (bicyclic) bond motifs is 1. The maximum absolute atomic E-state index is 4.75. The maximum Gasteiger partial charge on any atom is 0.0780 e. The van der Waals surface area contributed by atoms with Crippen LogP contribution < -0.4 is 0 Å². The van der Waals surface area contributed by atoms with Gasteiger partial charge in [0, 0.05) is 17.1 Å². The quantitative estimate of drug-likeness (QED) is 0.494. The molecule has 1 unspecified atom stereocenters. The second-order valence-electron chi connectivity index (χ2n) is 7.66. The van der Waals surface area contributed by atoms with Gasteiger partial charge in [0.05, 0.1) is 5.69 Å². The van der Waals surface area contributed by atoms with Gasteiger partial charge in [0.15, 0.2) is 0 Å². The summed E-state index contributed by atoms with van der Waals surface area (Å²) in [5.41, 5.74) is 7.86. The van der Waals surface area contributed by atoms with E-state index in [1.807, 2.05) is 6.20 Å². The van der Waals surface area contributed by atoms with Gasteiger partial charge in [-0.25, -0.2) is 0 Å². The minimum atomic E-state index is 0.502. The third-order valence-corrected chi connectivity index (χ3v) is 5.24. The molecule has 1 heterocycles. The van der Waals surface area contributed by atoms with Crippen LogP contribution in [0.3, 0.4) is 0 Å². The number of aryl methyl sites for hydroxylation is 2. The van der Waals surface area contributed by atoms with E-state index in [2.05, 4.69) is 77.9 Å². The van der Waals surface area contributed by atoms with E-state index in [0.29, 0.717) is 11.8 Å². The fourth-order valence-corrected chi connectivity index (χ4v) is 3.93. The molecular weight excluding hydrogens is 302 g/mol. The van der Waals surface area contributed by atoms with Gasteiger partial charge < -0.3 is 0 Å². The summed E-state index contributed by atoms with van der Waals surface area (Å²) < 4.78 is 0. The van der Waals surface area contributed by atoms with Crippen LogP contribution in [0.25, 0.3) is 22.0 Å². The highest BCUT2D eigenvalue weighted by Gasteiger charge is 2.17. The molecule has 3 rings (SSSR count). The molecule has 0 saturated heterocycles. The second kappa shape index (κ2) is 7.00. The zero-order valence-electron chi connectivity index (χ0n) is 16.4. The fraction of sp³-hybridized carbons (Fsp3) is 0.375. The molecule has 0 aliphatic heterocycles. The van der Waals surface area contributed by atoms with Crippen LogP contribution in [0.2, 0.25) is 0 Å². The number of benzene rings is 2. The van der Waals surface area contributed by atoms with E-state index >= 15 is 0 Å². The molecule has 0 bridgehead atoms. The predicted octanol–water partition coefficient (Wildman–Crippen LogP) is 7.16. The van der Waals surface area contributed by atoms with E-state index in [9.17, 15) is 0 Å². The molecule has 1 atom stereocenters. The van der Waals surface area contributed by atoms with Crippen molar-refractivity contribution < 1.29 is 0 Å². The van der Waals surface area contributed by atoms with Crippen LogP contribution in [0, 0.1) is 13.8 Å². The van der Waals surface area contributed by atoms with Gasteiger partial charge in [-0.05, 0) is 66.8 Å². The summed E-state index contributed by atoms with van der Waals surface area (Å²) in [5, 5.41) is 2.63. The van der Waals surface area contributed by atoms with Gasteiger partial charge in [-0.2, -0.15) is 0 Å². The molecule has 0 fully saturated rings. The van der Waals surface area contributed by atoms with Crippen molar-refractivity contribution in [3.63, 3.8) is 0 Å². The zero-order chi connectivity index (χ0) is 18.1. The minimum absolute atomic E-state index is 0.502. The maximum atomic E-state index is 4.75. The van der Waals surface area contributed by atoms with Gasteiger partial charge in [0.25, 0.3) is 0 Å². The number of aromatic nitrogens is 1. The Morgan fingerprint density at radius 2 is 1.56 bits per heavy atom. The van der Waals surface area contributed by atoms with Crippen molar-refractivity contribution in [1.29, 1.82) is 0 Å². The molecule has 2 aromatic carbocycles. The zero-order valence-corrected chi connectivity index (χ0v) is 16.4. The highest BCUT2D eigenvalue weighted by Crippen LogP contribution is 2.37. The van der Waals surface area contributed by atoms with Gasteiger partial charge in [-0.1, -0.05) is 57.0 Å². The van der Waals surface area contributed by atoms with Gasteiger partial charge in [-0.15, -0.1) is 0 Å². The molecule has 0 saturated carbocycles. The third kappa shape index (κ3) is 3.33. The first-order valence-electron chi connectivity index (χ1n) is 9.42. The SMILES string of the molecule is CCC(C)c1ccc2c(-c3cc(C)cc(C)c3)nccc2c1C(C)C. The molecule has 25 heavy (non-hydrogen) atoms. The number of hydrogen-bond acceptors (Lipinski definition) is 1. The van der Waals surface area contributed by atoms with Gasteiger partial charge in [0.1, 0.15) is 0 Å². The fourth-order valence-electron chi connectivity index (χ4n) is 3.93. The van der Waals surface area contributed by atoms with Crippen molar-refractivity contribution >= 4 is 10.8 Å². The van der Waals surface area contributed by atoms with Gasteiger partial charge in [-0.3, -0.25) is 4.98 Å². The van der Waals surface area contributed by atoms with Crippen molar-refractivity contribution in [2.75, 3.05) is 0 Å². The number of nitrogens with zero attached hydrogens (tertiary/aromatic N) is 1. The van der Waals surface area contributed by atoms with Crippen LogP contribution in [-0.2, 0) is 0 Å². The summed E-state index contributed by atoms with van der Waals surface area (Å²) in [7, 11) is 0. The molecule has 0 radical (unpaired) electrons. The molecule has 130 valence electrons. The van der Waals surface area contributed by atoms with Crippen LogP contribution in [0.5, 0.6) is 0 Å². The Balaban J connectivity index is 2.32. The lowest BCUT2D eigenvalue weighted by molar-refractivity contribution is 0.711. The summed E-state index contributed by atoms with van der Waals surface area (Å²) in [6.45, 7) is 13.5. The molecule has 0 aliphatic carbocycles. The van der Waals surface area contributed by atoms with Crippen LogP contribution in [0.4, 0.5) is 0 Å². The first-order chi connectivity index (χ1) is 11.9. The Morgan fingerprint density at radius 3 is 2.16 bits per heavy atom. The lowest BCUT2D eigenvalue weighted by Gasteiger charge is -2.21. The van der Waals surface area contributed by atoms with Crippen LogP contribution in [-0.4, -0.2) is 4.98 Å². The van der Waals surface area contributed by atoms with Crippen molar-refractivity contribution in [2.24, 2.45) is 0 Å². The normalized spacial score (nSPS) is 12.8. The van der Waals surface area contributed by atoms with E-state index in [-0.39, 0.29) is 0 Å². The molecule has 0 amide bonds. The average Bonchev–Trinajstić information content (AvgIpc) is 2.58. The Morgan fingerprint density at radius 1 is 0.880 bits per heavy atom. The molecule has 0 aliphatic rings. The summed E-state index contributed by atoms with van der Waals surface area (Å²) in [6, 6.07) is 13.5. The Kier molecular flexibility index (Phi) is 4.94. The molecule has 0 N–H and O–H groups in total. The summed E-state index contributed by atoms with van der Waals surface area (Å²) in [5.74, 6) is 1.09. The van der Waals surface area contributed by atoms with Crippen molar-refractivity contribution in [1.82, 2.24) is 4.98 Å². The summed E-state index contributed by atoms with van der Waals surface area (Å²) >= 11 is 0. The van der Waals surface area contributed by atoms with Crippen LogP contribution in [0.15, 0.2) is 42.6 Å². The molecule has 1 heteroatoms. The van der Waals surface area contributed by atoms with E-state index in [0.717, 1.165) is 5.69 Å². The lowest BCUT2D eigenvalue weighted by Crippen LogP contribution is -2.02. The highest BCUT2D eigenvalue weighted by molar-refractivity contribution is 5.97. The number of rotatable bonds is 4. The van der Waals surface area contributed by atoms with Crippen molar-refractivity contribution in [3.8, 4) is 11.3 Å². The second-order valence-corrected chi connectivity index (χ2v) is 7.66. The Hall–Kier alpha value is -2.15. The first-order valence-corrected chi connectivity index (χ1v) is 9.42. The largest absolute Gasteiger partial charge is 0.256 e. The van der Waals surface area contributed by atoms with E-state index in [1.165, 1.54) is 45.0 Å². The van der Waals surface area contributed by atoms with Crippen molar-refractivity contribution in [3.05, 3.63) is 64.8 Å². The highest BCUT2D eigenvalue weighted by atomic mass is 14.7. The molecule has 1 nitrogen and oxygen atoms in total. The van der Waals surface area contributed by atoms with Crippen LogP contribution in [0.1, 0.15) is 68.2 Å². The minimum Gasteiger partial charge on any atom is -0.256 e. The molecule has 3 aromatic rings. The predicted molar refractivity (Wildman–Crippen MR) is 109 cm³/mol. The Bertz CT molecular complexity index is 885. The van der Waals surface area contributed by atoms with Gasteiger partial charge in [0.2, 0.25) is 0 Å². The summed E-state index contributed by atoms with van der Waals surface area (Å²) in [6.07, 6.45) is 3.14. The third-order valence-electron chi connectivity index (χ3n) is 5.24. The topological polar surface area (TPSA) is 12.9 Å². The number of hydrogen-bond donors (Lipinski definition) is 0. The van der Waals surface area contributed by atoms with E-state index in [4.69, 9.17) is 4.98 Å². The monoisotopic (exact) mass is 331 g/mol. The molecule has 1 aromatic heterocycles. The van der Waals surface area contributed by atoms with E-state index in [1.54, 1.807) is 0 Å². The average molecular weight is 332 g/mol. The smallest absolute Gasteiger partial charge is 0.0780 e. The molecule has 0 spiro atoms. The van der Waals surface area contributed by atoms with Gasteiger partial charge >= 0.3 is 0 Å².